The number of carbonyl (C=O) groups is 1. The summed E-state index contributed by atoms with van der Waals surface area (Å²) in [4.78, 5) is 16.6. The Hall–Kier alpha value is -1.13. The molecule has 0 radical (unpaired) electrons. The molecule has 0 aliphatic heterocycles. The quantitative estimate of drug-likeness (QED) is 0.782. The molecule has 0 spiro atoms. The van der Waals surface area contributed by atoms with Crippen LogP contribution in [0, 0.1) is 5.92 Å². The van der Waals surface area contributed by atoms with Gasteiger partial charge in [0.25, 0.3) is 5.91 Å². The first kappa shape index (κ1) is 11.0. The summed E-state index contributed by atoms with van der Waals surface area (Å²) in [6.45, 7) is 0. The maximum atomic E-state index is 11.7. The number of amides is 1. The van der Waals surface area contributed by atoms with Gasteiger partial charge in [0.15, 0.2) is 4.80 Å². The lowest BCUT2D eigenvalue weighted by atomic mass is 10.3. The Balaban J connectivity index is 2.16. The van der Waals surface area contributed by atoms with Crippen LogP contribution in [0.2, 0.25) is 5.02 Å². The number of carbonyl (C=O) groups excluding carboxylic acids is 1. The van der Waals surface area contributed by atoms with E-state index in [-0.39, 0.29) is 11.8 Å². The van der Waals surface area contributed by atoms with Gasteiger partial charge in [-0.15, -0.1) is 0 Å². The van der Waals surface area contributed by atoms with E-state index < -0.39 is 0 Å². The Labute approximate surface area is 107 Å². The van der Waals surface area contributed by atoms with E-state index in [2.05, 4.69) is 4.99 Å². The highest BCUT2D eigenvalue weighted by Crippen LogP contribution is 2.30. The van der Waals surface area contributed by atoms with Crippen LogP contribution in [0.4, 0.5) is 0 Å². The summed E-state index contributed by atoms with van der Waals surface area (Å²) >= 11 is 7.45. The van der Waals surface area contributed by atoms with Gasteiger partial charge in [0, 0.05) is 18.0 Å². The van der Waals surface area contributed by atoms with Gasteiger partial charge < -0.3 is 4.57 Å². The Bertz CT molecular complexity index is 667. The highest BCUT2D eigenvalue weighted by molar-refractivity contribution is 7.16. The third-order valence-electron chi connectivity index (χ3n) is 2.90. The molecule has 3 nitrogen and oxygen atoms in total. The van der Waals surface area contributed by atoms with Gasteiger partial charge in [-0.25, -0.2) is 0 Å². The minimum absolute atomic E-state index is 0.0123. The Morgan fingerprint density at radius 1 is 1.53 bits per heavy atom. The van der Waals surface area contributed by atoms with Gasteiger partial charge in [-0.05, 0) is 31.0 Å². The number of rotatable bonds is 1. The molecule has 0 atom stereocenters. The molecule has 3 rings (SSSR count). The first-order valence-electron chi connectivity index (χ1n) is 5.49. The molecule has 1 amide bonds. The van der Waals surface area contributed by atoms with Crippen molar-refractivity contribution < 1.29 is 4.79 Å². The SMILES string of the molecule is Cn1c(=NC(=O)C2CC2)sc2cc(Cl)ccc21. The zero-order valence-corrected chi connectivity index (χ0v) is 10.9. The fraction of sp³-hybridized carbons (Fsp3) is 0.333. The maximum Gasteiger partial charge on any atom is 0.251 e. The summed E-state index contributed by atoms with van der Waals surface area (Å²) < 4.78 is 3.00. The highest BCUT2D eigenvalue weighted by atomic mass is 35.5. The van der Waals surface area contributed by atoms with Crippen molar-refractivity contribution in [3.63, 3.8) is 0 Å². The summed E-state index contributed by atoms with van der Waals surface area (Å²) in [7, 11) is 1.92. The average molecular weight is 267 g/mol. The Morgan fingerprint density at radius 2 is 2.29 bits per heavy atom. The number of hydrogen-bond donors (Lipinski definition) is 0. The molecular weight excluding hydrogens is 256 g/mol. The zero-order valence-electron chi connectivity index (χ0n) is 9.31. The molecule has 0 saturated heterocycles. The topological polar surface area (TPSA) is 34.4 Å². The first-order chi connectivity index (χ1) is 8.15. The number of aryl methyl sites for hydroxylation is 1. The molecule has 1 saturated carbocycles. The third kappa shape index (κ3) is 2.03. The summed E-state index contributed by atoms with van der Waals surface area (Å²) in [6.07, 6.45) is 1.98. The minimum atomic E-state index is 0.0123. The zero-order chi connectivity index (χ0) is 12.0. The van der Waals surface area contributed by atoms with E-state index in [1.54, 1.807) is 0 Å². The number of hydrogen-bond acceptors (Lipinski definition) is 2. The van der Waals surface area contributed by atoms with Gasteiger partial charge in [0.1, 0.15) is 0 Å². The van der Waals surface area contributed by atoms with E-state index in [0.717, 1.165) is 27.9 Å². The van der Waals surface area contributed by atoms with Crippen LogP contribution in [0.15, 0.2) is 23.2 Å². The molecular formula is C12H11ClN2OS. The number of thiazole rings is 1. The van der Waals surface area contributed by atoms with Crippen molar-refractivity contribution in [1.29, 1.82) is 0 Å². The van der Waals surface area contributed by atoms with E-state index in [1.165, 1.54) is 11.3 Å². The van der Waals surface area contributed by atoms with Crippen molar-refractivity contribution in [3.8, 4) is 0 Å². The first-order valence-corrected chi connectivity index (χ1v) is 6.68. The van der Waals surface area contributed by atoms with Crippen LogP contribution in [0.1, 0.15) is 12.8 Å². The second-order valence-corrected chi connectivity index (χ2v) is 5.73. The van der Waals surface area contributed by atoms with E-state index >= 15 is 0 Å². The lowest BCUT2D eigenvalue weighted by Crippen LogP contribution is -2.13. The molecule has 0 N–H and O–H groups in total. The van der Waals surface area contributed by atoms with Gasteiger partial charge in [-0.1, -0.05) is 22.9 Å². The second kappa shape index (κ2) is 3.96. The van der Waals surface area contributed by atoms with Crippen molar-refractivity contribution in [2.45, 2.75) is 12.8 Å². The van der Waals surface area contributed by atoms with Crippen molar-refractivity contribution in [3.05, 3.63) is 28.0 Å². The fourth-order valence-electron chi connectivity index (χ4n) is 1.73. The maximum absolute atomic E-state index is 11.7. The molecule has 5 heteroatoms. The van der Waals surface area contributed by atoms with Crippen LogP contribution < -0.4 is 4.80 Å². The summed E-state index contributed by atoms with van der Waals surface area (Å²) in [5, 5.41) is 0.708. The van der Waals surface area contributed by atoms with E-state index in [1.807, 2.05) is 29.8 Å². The number of aromatic nitrogens is 1. The fourth-order valence-corrected chi connectivity index (χ4v) is 3.03. The van der Waals surface area contributed by atoms with Gasteiger partial charge >= 0.3 is 0 Å². The van der Waals surface area contributed by atoms with Gasteiger partial charge in [-0.2, -0.15) is 4.99 Å². The van der Waals surface area contributed by atoms with Crippen LogP contribution in [0.3, 0.4) is 0 Å². The van der Waals surface area contributed by atoms with Crippen molar-refractivity contribution in [2.24, 2.45) is 18.0 Å². The molecule has 1 aliphatic rings. The molecule has 1 aromatic carbocycles. The molecule has 88 valence electrons. The molecule has 1 fully saturated rings. The number of benzene rings is 1. The summed E-state index contributed by atoms with van der Waals surface area (Å²) in [6, 6.07) is 5.71. The monoisotopic (exact) mass is 266 g/mol. The Kier molecular flexibility index (Phi) is 2.56. The Morgan fingerprint density at radius 3 is 3.00 bits per heavy atom. The number of fused-ring (bicyclic) bond motifs is 1. The van der Waals surface area contributed by atoms with Crippen LogP contribution in [-0.4, -0.2) is 10.5 Å². The highest BCUT2D eigenvalue weighted by Gasteiger charge is 2.29. The predicted molar refractivity (Wildman–Crippen MR) is 69.1 cm³/mol. The molecule has 1 aliphatic carbocycles. The van der Waals surface area contributed by atoms with Crippen molar-refractivity contribution >= 4 is 39.1 Å². The van der Waals surface area contributed by atoms with Gasteiger partial charge in [0.05, 0.1) is 10.2 Å². The van der Waals surface area contributed by atoms with Crippen LogP contribution in [-0.2, 0) is 11.8 Å². The molecule has 2 aromatic rings. The second-order valence-electron chi connectivity index (χ2n) is 4.28. The standard InChI is InChI=1S/C12H11ClN2OS/c1-15-9-5-4-8(13)6-10(9)17-12(15)14-11(16)7-2-3-7/h4-7H,2-3H2,1H3. The van der Waals surface area contributed by atoms with Gasteiger partial charge in [-0.3, -0.25) is 4.79 Å². The number of nitrogens with zero attached hydrogens (tertiary/aromatic N) is 2. The lowest BCUT2D eigenvalue weighted by molar-refractivity contribution is -0.119. The third-order valence-corrected chi connectivity index (χ3v) is 4.23. The van der Waals surface area contributed by atoms with Crippen LogP contribution in [0.25, 0.3) is 10.2 Å². The van der Waals surface area contributed by atoms with E-state index in [9.17, 15) is 4.79 Å². The van der Waals surface area contributed by atoms with Crippen LogP contribution in [0.5, 0.6) is 0 Å². The largest absolute Gasteiger partial charge is 0.319 e. The van der Waals surface area contributed by atoms with Crippen molar-refractivity contribution in [2.75, 3.05) is 0 Å². The van der Waals surface area contributed by atoms with E-state index in [4.69, 9.17) is 11.6 Å². The smallest absolute Gasteiger partial charge is 0.251 e. The van der Waals surface area contributed by atoms with Crippen molar-refractivity contribution in [1.82, 2.24) is 4.57 Å². The average Bonchev–Trinajstić information content (AvgIpc) is 3.07. The molecule has 0 bridgehead atoms. The normalized spacial score (nSPS) is 16.7. The lowest BCUT2D eigenvalue weighted by Gasteiger charge is -1.94. The summed E-state index contributed by atoms with van der Waals surface area (Å²) in [5.41, 5.74) is 1.06. The summed E-state index contributed by atoms with van der Waals surface area (Å²) in [5.74, 6) is 0.182. The molecule has 0 unspecified atom stereocenters. The molecule has 17 heavy (non-hydrogen) atoms. The van der Waals surface area contributed by atoms with Crippen LogP contribution >= 0.6 is 22.9 Å². The predicted octanol–water partition coefficient (Wildman–Crippen LogP) is 2.73. The minimum Gasteiger partial charge on any atom is -0.319 e. The number of halogens is 1. The molecule has 1 heterocycles. The molecule has 1 aromatic heterocycles. The van der Waals surface area contributed by atoms with E-state index in [0.29, 0.717) is 5.02 Å². The van der Waals surface area contributed by atoms with Gasteiger partial charge in [0.2, 0.25) is 0 Å².